The maximum absolute atomic E-state index is 13.4. The summed E-state index contributed by atoms with van der Waals surface area (Å²) >= 11 is 12.7. The number of nitrogens with zero attached hydrogens (tertiary/aromatic N) is 4. The summed E-state index contributed by atoms with van der Waals surface area (Å²) in [7, 11) is 0. The van der Waals surface area contributed by atoms with Crippen LogP contribution in [0, 0.1) is 0 Å². The molecule has 5 rings (SSSR count). The summed E-state index contributed by atoms with van der Waals surface area (Å²) in [5.74, 6) is 1.36. The van der Waals surface area contributed by atoms with E-state index < -0.39 is 0 Å². The second kappa shape index (κ2) is 9.39. The zero-order valence-electron chi connectivity index (χ0n) is 19.1. The molecule has 1 unspecified atom stereocenters. The van der Waals surface area contributed by atoms with Crippen molar-refractivity contribution in [2.24, 2.45) is 0 Å². The molecule has 1 aliphatic heterocycles. The van der Waals surface area contributed by atoms with Crippen molar-refractivity contribution in [1.82, 2.24) is 24.8 Å². The molecule has 0 saturated carbocycles. The number of likely N-dealkylation sites (tertiary alicyclic amines) is 1. The van der Waals surface area contributed by atoms with Gasteiger partial charge in [-0.25, -0.2) is 15.0 Å². The average molecular weight is 497 g/mol. The third kappa shape index (κ3) is 4.30. The third-order valence-corrected chi connectivity index (χ3v) is 7.09. The fourth-order valence-electron chi connectivity index (χ4n) is 4.68. The minimum atomic E-state index is -0.164. The summed E-state index contributed by atoms with van der Waals surface area (Å²) in [6.07, 6.45) is 5.66. The molecule has 1 fully saturated rings. The summed E-state index contributed by atoms with van der Waals surface area (Å²) in [5, 5.41) is 5.20. The standard InChI is InChI=1S/C25H26Cl2N6O/c1-3-16-6-4-5-9-33(16)25(34)17-12-21-18(11-19(17)27)24(29-13-28-21)30-14(2)23-31-20-8-7-15(26)10-22(20)32-23/h7-8,10-14,16H,3-6,9H2,1-2H3,(H,31,32)(H,28,29,30)/t14-,16?/m1/s1. The minimum absolute atomic E-state index is 0.0270. The number of hydrogen-bond acceptors (Lipinski definition) is 5. The van der Waals surface area contributed by atoms with Crippen LogP contribution < -0.4 is 5.32 Å². The lowest BCUT2D eigenvalue weighted by Crippen LogP contribution is -2.43. The van der Waals surface area contributed by atoms with Crippen molar-refractivity contribution in [3.8, 4) is 0 Å². The lowest BCUT2D eigenvalue weighted by molar-refractivity contribution is 0.0608. The number of hydrogen-bond donors (Lipinski definition) is 2. The molecule has 1 aliphatic rings. The molecule has 2 aromatic heterocycles. The molecule has 3 heterocycles. The van der Waals surface area contributed by atoms with Crippen LogP contribution >= 0.6 is 23.2 Å². The van der Waals surface area contributed by atoms with Crippen LogP contribution in [0.25, 0.3) is 21.9 Å². The van der Waals surface area contributed by atoms with Gasteiger partial charge in [0.1, 0.15) is 18.0 Å². The van der Waals surface area contributed by atoms with Gasteiger partial charge in [-0.2, -0.15) is 0 Å². The number of carbonyl (C=O) groups excluding carboxylic acids is 1. The second-order valence-electron chi connectivity index (χ2n) is 8.78. The molecule has 9 heteroatoms. The van der Waals surface area contributed by atoms with E-state index in [0.29, 0.717) is 26.9 Å². The monoisotopic (exact) mass is 496 g/mol. The molecule has 2 atom stereocenters. The van der Waals surface area contributed by atoms with E-state index in [1.165, 1.54) is 6.33 Å². The first-order valence-electron chi connectivity index (χ1n) is 11.6. The first kappa shape index (κ1) is 22.9. The number of H-pyrrole nitrogens is 1. The van der Waals surface area contributed by atoms with E-state index in [-0.39, 0.29) is 18.0 Å². The highest BCUT2D eigenvalue weighted by Crippen LogP contribution is 2.31. The van der Waals surface area contributed by atoms with Crippen molar-refractivity contribution in [2.45, 2.75) is 51.6 Å². The van der Waals surface area contributed by atoms with Crippen molar-refractivity contribution >= 4 is 56.9 Å². The molecule has 0 radical (unpaired) electrons. The van der Waals surface area contributed by atoms with Crippen molar-refractivity contribution in [3.05, 3.63) is 58.1 Å². The number of anilines is 1. The molecule has 0 spiro atoms. The van der Waals surface area contributed by atoms with Gasteiger partial charge in [0.2, 0.25) is 0 Å². The maximum Gasteiger partial charge on any atom is 0.255 e. The van der Waals surface area contributed by atoms with Gasteiger partial charge in [0.25, 0.3) is 5.91 Å². The molecule has 1 amide bonds. The lowest BCUT2D eigenvalue weighted by Gasteiger charge is -2.35. The molecule has 176 valence electrons. The zero-order valence-corrected chi connectivity index (χ0v) is 20.6. The SMILES string of the molecule is CCC1CCCCN1C(=O)c1cc2ncnc(N[C@H](C)c3nc4cc(Cl)ccc4[nH]3)c2cc1Cl. The second-order valence-corrected chi connectivity index (χ2v) is 9.62. The summed E-state index contributed by atoms with van der Waals surface area (Å²) in [6.45, 7) is 4.89. The van der Waals surface area contributed by atoms with Gasteiger partial charge < -0.3 is 15.2 Å². The number of nitrogens with one attached hydrogen (secondary N) is 2. The Morgan fingerprint density at radius 1 is 1.21 bits per heavy atom. The Morgan fingerprint density at radius 3 is 2.88 bits per heavy atom. The third-order valence-electron chi connectivity index (χ3n) is 6.54. The van der Waals surface area contributed by atoms with E-state index >= 15 is 0 Å². The number of halogens is 2. The van der Waals surface area contributed by atoms with Crippen molar-refractivity contribution < 1.29 is 4.79 Å². The predicted octanol–water partition coefficient (Wildman–Crippen LogP) is 6.39. The van der Waals surface area contributed by atoms with Crippen LogP contribution in [0.5, 0.6) is 0 Å². The Bertz CT molecular complexity index is 1370. The molecule has 34 heavy (non-hydrogen) atoms. The molecule has 2 N–H and O–H groups in total. The minimum Gasteiger partial charge on any atom is -0.360 e. The number of fused-ring (bicyclic) bond motifs is 2. The van der Waals surface area contributed by atoms with Crippen molar-refractivity contribution in [1.29, 1.82) is 0 Å². The van der Waals surface area contributed by atoms with Crippen LogP contribution in [0.1, 0.15) is 61.8 Å². The van der Waals surface area contributed by atoms with E-state index in [0.717, 1.165) is 54.5 Å². The van der Waals surface area contributed by atoms with Crippen LogP contribution in [-0.4, -0.2) is 43.3 Å². The fraction of sp³-hybridized carbons (Fsp3) is 0.360. The highest BCUT2D eigenvalue weighted by molar-refractivity contribution is 6.35. The molecule has 0 aliphatic carbocycles. The van der Waals surface area contributed by atoms with E-state index in [9.17, 15) is 4.79 Å². The Hall–Kier alpha value is -2.90. The smallest absolute Gasteiger partial charge is 0.255 e. The van der Waals surface area contributed by atoms with Crippen LogP contribution in [0.2, 0.25) is 10.0 Å². The van der Waals surface area contributed by atoms with Gasteiger partial charge >= 0.3 is 0 Å². The Labute approximate surface area is 207 Å². The zero-order chi connectivity index (χ0) is 23.8. The van der Waals surface area contributed by atoms with Gasteiger partial charge in [-0.15, -0.1) is 0 Å². The largest absolute Gasteiger partial charge is 0.360 e. The number of carbonyl (C=O) groups is 1. The van der Waals surface area contributed by atoms with E-state index in [2.05, 4.69) is 32.2 Å². The molecule has 1 saturated heterocycles. The number of amides is 1. The molecule has 0 bridgehead atoms. The quantitative estimate of drug-likeness (QED) is 0.334. The maximum atomic E-state index is 13.4. The summed E-state index contributed by atoms with van der Waals surface area (Å²) < 4.78 is 0. The Balaban J connectivity index is 1.44. The first-order valence-corrected chi connectivity index (χ1v) is 12.4. The average Bonchev–Trinajstić information content (AvgIpc) is 3.27. The Kier molecular flexibility index (Phi) is 6.32. The topological polar surface area (TPSA) is 86.8 Å². The molecule has 4 aromatic rings. The normalized spacial score (nSPS) is 17.3. The van der Waals surface area contributed by atoms with E-state index in [1.807, 2.05) is 30.0 Å². The number of rotatable bonds is 5. The van der Waals surface area contributed by atoms with Crippen LogP contribution in [0.3, 0.4) is 0 Å². The molecule has 2 aromatic carbocycles. The number of aromatic nitrogens is 4. The number of benzene rings is 2. The summed E-state index contributed by atoms with van der Waals surface area (Å²) in [5.41, 5.74) is 2.87. The van der Waals surface area contributed by atoms with E-state index in [4.69, 9.17) is 23.2 Å². The number of imidazole rings is 1. The molecule has 7 nitrogen and oxygen atoms in total. The van der Waals surface area contributed by atoms with Crippen LogP contribution in [-0.2, 0) is 0 Å². The predicted molar refractivity (Wildman–Crippen MR) is 137 cm³/mol. The van der Waals surface area contributed by atoms with Gasteiger partial charge in [0.05, 0.1) is 33.2 Å². The van der Waals surface area contributed by atoms with Crippen molar-refractivity contribution in [3.63, 3.8) is 0 Å². The van der Waals surface area contributed by atoms with Gasteiger partial charge in [-0.3, -0.25) is 4.79 Å². The summed E-state index contributed by atoms with van der Waals surface area (Å²) in [4.78, 5) is 32.1. The van der Waals surface area contributed by atoms with Gasteiger partial charge in [0, 0.05) is 23.0 Å². The molecular weight excluding hydrogens is 471 g/mol. The highest BCUT2D eigenvalue weighted by Gasteiger charge is 2.28. The summed E-state index contributed by atoms with van der Waals surface area (Å²) in [6, 6.07) is 9.22. The van der Waals surface area contributed by atoms with Crippen LogP contribution in [0.15, 0.2) is 36.7 Å². The first-order chi connectivity index (χ1) is 16.4. The van der Waals surface area contributed by atoms with Gasteiger partial charge in [0.15, 0.2) is 0 Å². The fourth-order valence-corrected chi connectivity index (χ4v) is 5.09. The number of aromatic amines is 1. The number of piperidine rings is 1. The van der Waals surface area contributed by atoms with Gasteiger partial charge in [-0.1, -0.05) is 30.1 Å². The van der Waals surface area contributed by atoms with Crippen molar-refractivity contribution in [2.75, 3.05) is 11.9 Å². The van der Waals surface area contributed by atoms with E-state index in [1.54, 1.807) is 12.1 Å². The highest BCUT2D eigenvalue weighted by atomic mass is 35.5. The van der Waals surface area contributed by atoms with Crippen LogP contribution in [0.4, 0.5) is 5.82 Å². The van der Waals surface area contributed by atoms with Gasteiger partial charge in [-0.05, 0) is 62.9 Å². The lowest BCUT2D eigenvalue weighted by atomic mass is 9.98. The Morgan fingerprint density at radius 2 is 2.06 bits per heavy atom. The molecular formula is C25H26Cl2N6O.